The first-order chi connectivity index (χ1) is 7.25. The van der Waals surface area contributed by atoms with Gasteiger partial charge in [0.2, 0.25) is 0 Å². The quantitative estimate of drug-likeness (QED) is 0.840. The smallest absolute Gasteiger partial charge is 0.0528 e. The van der Waals surface area contributed by atoms with E-state index in [1.54, 1.807) is 0 Å². The van der Waals surface area contributed by atoms with E-state index in [4.69, 9.17) is 0 Å². The fourth-order valence-electron chi connectivity index (χ4n) is 1.35. The van der Waals surface area contributed by atoms with Crippen LogP contribution in [0, 0.1) is 6.92 Å². The number of benzene rings is 2. The van der Waals surface area contributed by atoms with E-state index in [-0.39, 0.29) is 0 Å². The first kappa shape index (κ1) is 10.2. The molecule has 15 heavy (non-hydrogen) atoms. The highest BCUT2D eigenvalue weighted by atomic mass is 79.9. The number of hydrogen-bond donors (Lipinski definition) is 1. The standard InChI is InChI=1S/C13H12BrN/c1-10-6-8-11(9-7-10)15-13-5-3-2-4-12(13)14/h2-9,15H,1H3. The van der Waals surface area contributed by atoms with Crippen LogP contribution in [0.3, 0.4) is 0 Å². The molecule has 0 aliphatic heterocycles. The summed E-state index contributed by atoms with van der Waals surface area (Å²) in [7, 11) is 0. The molecule has 2 heteroatoms. The van der Waals surface area contributed by atoms with Crippen molar-refractivity contribution in [3.05, 3.63) is 58.6 Å². The normalized spacial score (nSPS) is 10.0. The Kier molecular flexibility index (Phi) is 3.07. The minimum Gasteiger partial charge on any atom is -0.355 e. The van der Waals surface area contributed by atoms with Crippen LogP contribution in [0.1, 0.15) is 5.56 Å². The average Bonchev–Trinajstić information content (AvgIpc) is 2.25. The van der Waals surface area contributed by atoms with Crippen molar-refractivity contribution in [3.63, 3.8) is 0 Å². The zero-order chi connectivity index (χ0) is 10.7. The van der Waals surface area contributed by atoms with Crippen molar-refractivity contribution >= 4 is 27.3 Å². The minimum atomic E-state index is 1.07. The topological polar surface area (TPSA) is 12.0 Å². The Balaban J connectivity index is 2.22. The minimum absolute atomic E-state index is 1.07. The molecule has 0 heterocycles. The molecule has 1 N–H and O–H groups in total. The number of rotatable bonds is 2. The predicted molar refractivity (Wildman–Crippen MR) is 68.6 cm³/mol. The summed E-state index contributed by atoms with van der Waals surface area (Å²) in [5, 5.41) is 3.35. The molecule has 2 aromatic rings. The molecule has 0 spiro atoms. The van der Waals surface area contributed by atoms with Crippen molar-refractivity contribution in [2.75, 3.05) is 5.32 Å². The van der Waals surface area contributed by atoms with Crippen LogP contribution in [0.2, 0.25) is 0 Å². The second-order valence-electron chi connectivity index (χ2n) is 3.47. The Bertz CT molecular complexity index is 448. The molecule has 0 saturated carbocycles. The molecule has 0 saturated heterocycles. The van der Waals surface area contributed by atoms with Gasteiger partial charge in [-0.05, 0) is 47.1 Å². The van der Waals surface area contributed by atoms with Crippen LogP contribution >= 0.6 is 15.9 Å². The molecule has 0 unspecified atom stereocenters. The van der Waals surface area contributed by atoms with E-state index in [1.807, 2.05) is 24.3 Å². The van der Waals surface area contributed by atoms with Crippen molar-refractivity contribution in [3.8, 4) is 0 Å². The highest BCUT2D eigenvalue weighted by Crippen LogP contribution is 2.25. The van der Waals surface area contributed by atoms with Crippen LogP contribution < -0.4 is 5.32 Å². The second-order valence-corrected chi connectivity index (χ2v) is 4.33. The van der Waals surface area contributed by atoms with Gasteiger partial charge in [-0.2, -0.15) is 0 Å². The molecule has 0 fully saturated rings. The zero-order valence-corrected chi connectivity index (χ0v) is 10.1. The Hall–Kier alpha value is -1.28. The highest BCUT2D eigenvalue weighted by molar-refractivity contribution is 9.10. The maximum atomic E-state index is 3.51. The molecule has 0 aromatic heterocycles. The molecule has 2 aromatic carbocycles. The van der Waals surface area contributed by atoms with Crippen molar-refractivity contribution in [1.82, 2.24) is 0 Å². The first-order valence-electron chi connectivity index (χ1n) is 4.84. The summed E-state index contributed by atoms with van der Waals surface area (Å²) >= 11 is 3.51. The van der Waals surface area contributed by atoms with E-state index in [1.165, 1.54) is 5.56 Å². The van der Waals surface area contributed by atoms with Crippen molar-refractivity contribution in [2.24, 2.45) is 0 Å². The molecule has 0 bridgehead atoms. The van der Waals surface area contributed by atoms with Crippen LogP contribution in [0.15, 0.2) is 53.0 Å². The first-order valence-corrected chi connectivity index (χ1v) is 5.63. The van der Waals surface area contributed by atoms with Crippen LogP contribution in [-0.4, -0.2) is 0 Å². The van der Waals surface area contributed by atoms with Crippen molar-refractivity contribution in [2.45, 2.75) is 6.92 Å². The summed E-state index contributed by atoms with van der Waals surface area (Å²) in [6.45, 7) is 2.09. The van der Waals surface area contributed by atoms with E-state index in [2.05, 4.69) is 52.4 Å². The van der Waals surface area contributed by atoms with E-state index in [0.717, 1.165) is 15.8 Å². The maximum Gasteiger partial charge on any atom is 0.0528 e. The summed E-state index contributed by atoms with van der Waals surface area (Å²) in [5.41, 5.74) is 3.46. The molecule has 0 radical (unpaired) electrons. The molecule has 1 nitrogen and oxygen atoms in total. The third kappa shape index (κ3) is 2.60. The number of nitrogens with one attached hydrogen (secondary N) is 1. The highest BCUT2D eigenvalue weighted by Gasteiger charge is 1.97. The van der Waals surface area contributed by atoms with E-state index in [0.29, 0.717) is 0 Å². The Morgan fingerprint density at radius 2 is 1.60 bits per heavy atom. The Morgan fingerprint density at radius 1 is 0.933 bits per heavy atom. The van der Waals surface area contributed by atoms with Crippen LogP contribution in [-0.2, 0) is 0 Å². The van der Waals surface area contributed by atoms with Gasteiger partial charge in [0.05, 0.1) is 5.69 Å². The average molecular weight is 262 g/mol. The van der Waals surface area contributed by atoms with Crippen LogP contribution in [0.4, 0.5) is 11.4 Å². The van der Waals surface area contributed by atoms with Crippen molar-refractivity contribution < 1.29 is 0 Å². The van der Waals surface area contributed by atoms with Gasteiger partial charge in [-0.1, -0.05) is 29.8 Å². The van der Waals surface area contributed by atoms with Gasteiger partial charge in [-0.3, -0.25) is 0 Å². The Labute approximate surface area is 98.3 Å². The monoisotopic (exact) mass is 261 g/mol. The molecular weight excluding hydrogens is 250 g/mol. The third-order valence-corrected chi connectivity index (χ3v) is 2.90. The maximum absolute atomic E-state index is 3.51. The van der Waals surface area contributed by atoms with Gasteiger partial charge in [0.25, 0.3) is 0 Å². The van der Waals surface area contributed by atoms with Gasteiger partial charge in [0, 0.05) is 10.2 Å². The van der Waals surface area contributed by atoms with Crippen LogP contribution in [0.5, 0.6) is 0 Å². The number of para-hydroxylation sites is 1. The summed E-state index contributed by atoms with van der Waals surface area (Å²) in [6.07, 6.45) is 0. The molecule has 76 valence electrons. The van der Waals surface area contributed by atoms with Gasteiger partial charge in [-0.15, -0.1) is 0 Å². The summed E-state index contributed by atoms with van der Waals surface area (Å²) < 4.78 is 1.07. The van der Waals surface area contributed by atoms with Gasteiger partial charge in [0.1, 0.15) is 0 Å². The lowest BCUT2D eigenvalue weighted by atomic mass is 10.2. The van der Waals surface area contributed by atoms with Crippen LogP contribution in [0.25, 0.3) is 0 Å². The lowest BCUT2D eigenvalue weighted by Crippen LogP contribution is -1.90. The molecule has 0 atom stereocenters. The summed E-state index contributed by atoms with van der Waals surface area (Å²) in [5.74, 6) is 0. The summed E-state index contributed by atoms with van der Waals surface area (Å²) in [6, 6.07) is 16.4. The third-order valence-electron chi connectivity index (χ3n) is 2.20. The Morgan fingerprint density at radius 3 is 2.27 bits per heavy atom. The fraction of sp³-hybridized carbons (Fsp3) is 0.0769. The van der Waals surface area contributed by atoms with Gasteiger partial charge < -0.3 is 5.32 Å². The van der Waals surface area contributed by atoms with Crippen molar-refractivity contribution in [1.29, 1.82) is 0 Å². The number of hydrogen-bond acceptors (Lipinski definition) is 1. The van der Waals surface area contributed by atoms with Gasteiger partial charge in [0.15, 0.2) is 0 Å². The van der Waals surface area contributed by atoms with E-state index in [9.17, 15) is 0 Å². The predicted octanol–water partition coefficient (Wildman–Crippen LogP) is 4.50. The molecule has 0 aliphatic rings. The number of anilines is 2. The summed E-state index contributed by atoms with van der Waals surface area (Å²) in [4.78, 5) is 0. The van der Waals surface area contributed by atoms with E-state index >= 15 is 0 Å². The number of aryl methyl sites for hydroxylation is 1. The van der Waals surface area contributed by atoms with Gasteiger partial charge in [-0.25, -0.2) is 0 Å². The second kappa shape index (κ2) is 4.49. The molecule has 0 amide bonds. The lowest BCUT2D eigenvalue weighted by Gasteiger charge is -2.08. The molecule has 2 rings (SSSR count). The number of halogens is 1. The SMILES string of the molecule is Cc1ccc(Nc2ccccc2Br)cc1. The molecule has 0 aliphatic carbocycles. The van der Waals surface area contributed by atoms with E-state index < -0.39 is 0 Å². The largest absolute Gasteiger partial charge is 0.355 e. The lowest BCUT2D eigenvalue weighted by molar-refractivity contribution is 1.45. The molecular formula is C13H12BrN. The van der Waals surface area contributed by atoms with Gasteiger partial charge >= 0.3 is 0 Å². The fourth-order valence-corrected chi connectivity index (χ4v) is 1.74. The zero-order valence-electron chi connectivity index (χ0n) is 8.50.